The van der Waals surface area contributed by atoms with E-state index in [9.17, 15) is 4.79 Å². The minimum atomic E-state index is -0.00478. The van der Waals surface area contributed by atoms with Crippen molar-refractivity contribution < 1.29 is 9.53 Å². The summed E-state index contributed by atoms with van der Waals surface area (Å²) in [5.41, 5.74) is 2.95. The van der Waals surface area contributed by atoms with Crippen LogP contribution in [0.1, 0.15) is 6.42 Å². The van der Waals surface area contributed by atoms with E-state index >= 15 is 0 Å². The van der Waals surface area contributed by atoms with E-state index in [4.69, 9.17) is 9.84 Å². The van der Waals surface area contributed by atoms with Gasteiger partial charge in [0.1, 0.15) is 12.2 Å². The number of carbonyl (C=O) groups excluding carboxylic acids is 1. The largest absolute Gasteiger partial charge is 0.379 e. The fourth-order valence-electron chi connectivity index (χ4n) is 3.60. The first-order chi connectivity index (χ1) is 13.8. The maximum absolute atomic E-state index is 12.4. The Labute approximate surface area is 165 Å². The molecule has 146 valence electrons. The third kappa shape index (κ3) is 4.40. The van der Waals surface area contributed by atoms with Crippen LogP contribution in [0.2, 0.25) is 0 Å². The monoisotopic (exact) mass is 378 g/mol. The molecule has 1 aliphatic rings. The highest BCUT2D eigenvalue weighted by molar-refractivity contribution is 5.94. The van der Waals surface area contributed by atoms with E-state index in [1.807, 2.05) is 48.5 Å². The normalized spacial score (nSPS) is 15.0. The van der Waals surface area contributed by atoms with Crippen LogP contribution in [0.5, 0.6) is 0 Å². The summed E-state index contributed by atoms with van der Waals surface area (Å²) in [5, 5.41) is 8.83. The predicted octanol–water partition coefficient (Wildman–Crippen LogP) is 2.54. The quantitative estimate of drug-likeness (QED) is 0.642. The maximum atomic E-state index is 12.4. The van der Waals surface area contributed by atoms with Crippen LogP contribution in [-0.2, 0) is 16.1 Å². The summed E-state index contributed by atoms with van der Waals surface area (Å²) in [5.74, 6) is -0.00478. The number of rotatable bonds is 7. The van der Waals surface area contributed by atoms with Crippen molar-refractivity contribution in [1.29, 1.82) is 0 Å². The van der Waals surface area contributed by atoms with E-state index in [0.29, 0.717) is 6.54 Å². The Hall–Kier alpha value is -2.70. The number of benzene rings is 2. The standard InChI is InChI=1S/C22H26N4O2/c27-21(23-11-6-12-25-13-15-28-16-14-25)17-26-20-10-5-4-9-19(20)22(24-26)18-7-2-1-3-8-18/h1-5,7-10H,6,11-17H2,(H,23,27). The van der Waals surface area contributed by atoms with E-state index in [-0.39, 0.29) is 12.5 Å². The summed E-state index contributed by atoms with van der Waals surface area (Å²) in [6, 6.07) is 18.2. The molecule has 1 aromatic heterocycles. The average Bonchev–Trinajstić information content (AvgIpc) is 3.11. The van der Waals surface area contributed by atoms with Gasteiger partial charge in [-0.25, -0.2) is 0 Å². The molecule has 4 rings (SSSR count). The third-order valence-electron chi connectivity index (χ3n) is 5.08. The highest BCUT2D eigenvalue weighted by Gasteiger charge is 2.14. The number of para-hydroxylation sites is 1. The predicted molar refractivity (Wildman–Crippen MR) is 110 cm³/mol. The minimum absolute atomic E-state index is 0.00478. The van der Waals surface area contributed by atoms with Crippen LogP contribution in [0, 0.1) is 0 Å². The zero-order chi connectivity index (χ0) is 19.2. The van der Waals surface area contributed by atoms with Gasteiger partial charge in [0.15, 0.2) is 0 Å². The van der Waals surface area contributed by atoms with Crippen LogP contribution >= 0.6 is 0 Å². The van der Waals surface area contributed by atoms with Gasteiger partial charge in [0, 0.05) is 30.6 Å². The molecule has 0 radical (unpaired) electrons. The lowest BCUT2D eigenvalue weighted by Gasteiger charge is -2.26. The van der Waals surface area contributed by atoms with E-state index in [1.54, 1.807) is 4.68 Å². The number of fused-ring (bicyclic) bond motifs is 1. The van der Waals surface area contributed by atoms with Gasteiger partial charge in [-0.3, -0.25) is 14.4 Å². The second-order valence-electron chi connectivity index (χ2n) is 7.05. The molecule has 1 fully saturated rings. The lowest BCUT2D eigenvalue weighted by atomic mass is 10.1. The Kier molecular flexibility index (Phi) is 5.99. The summed E-state index contributed by atoms with van der Waals surface area (Å²) < 4.78 is 7.16. The molecule has 1 N–H and O–H groups in total. The van der Waals surface area contributed by atoms with Crippen molar-refractivity contribution in [2.24, 2.45) is 0 Å². The highest BCUT2D eigenvalue weighted by atomic mass is 16.5. The van der Waals surface area contributed by atoms with E-state index in [1.165, 1.54) is 0 Å². The van der Waals surface area contributed by atoms with Gasteiger partial charge < -0.3 is 10.1 Å². The number of ether oxygens (including phenoxy) is 1. The van der Waals surface area contributed by atoms with Crippen LogP contribution in [0.3, 0.4) is 0 Å². The van der Waals surface area contributed by atoms with Crippen molar-refractivity contribution in [2.75, 3.05) is 39.4 Å². The van der Waals surface area contributed by atoms with Gasteiger partial charge in [0.2, 0.25) is 5.91 Å². The molecule has 1 aliphatic heterocycles. The van der Waals surface area contributed by atoms with Gasteiger partial charge in [-0.15, -0.1) is 0 Å². The summed E-state index contributed by atoms with van der Waals surface area (Å²) in [6.45, 7) is 5.48. The molecular formula is C22H26N4O2. The molecule has 0 bridgehead atoms. The van der Waals surface area contributed by atoms with Crippen molar-refractivity contribution in [1.82, 2.24) is 20.0 Å². The number of aromatic nitrogens is 2. The number of hydrogen-bond donors (Lipinski definition) is 1. The molecule has 28 heavy (non-hydrogen) atoms. The molecule has 1 saturated heterocycles. The number of carbonyl (C=O) groups is 1. The number of amides is 1. The highest BCUT2D eigenvalue weighted by Crippen LogP contribution is 2.27. The van der Waals surface area contributed by atoms with Gasteiger partial charge >= 0.3 is 0 Å². The van der Waals surface area contributed by atoms with Crippen LogP contribution in [0.15, 0.2) is 54.6 Å². The van der Waals surface area contributed by atoms with E-state index in [2.05, 4.69) is 16.3 Å². The third-order valence-corrected chi connectivity index (χ3v) is 5.08. The zero-order valence-electron chi connectivity index (χ0n) is 16.0. The van der Waals surface area contributed by atoms with E-state index in [0.717, 1.165) is 61.4 Å². The maximum Gasteiger partial charge on any atom is 0.241 e. The summed E-state index contributed by atoms with van der Waals surface area (Å²) in [7, 11) is 0. The molecule has 3 aromatic rings. The zero-order valence-corrected chi connectivity index (χ0v) is 16.0. The lowest BCUT2D eigenvalue weighted by Crippen LogP contribution is -2.38. The van der Waals surface area contributed by atoms with Crippen molar-refractivity contribution in [3.05, 3.63) is 54.6 Å². The van der Waals surface area contributed by atoms with Crippen LogP contribution in [-0.4, -0.2) is 60.0 Å². The second kappa shape index (κ2) is 8.99. The number of morpholine rings is 1. The lowest BCUT2D eigenvalue weighted by molar-refractivity contribution is -0.121. The first-order valence-electron chi connectivity index (χ1n) is 9.89. The first-order valence-corrected chi connectivity index (χ1v) is 9.89. The van der Waals surface area contributed by atoms with Gasteiger partial charge in [0.05, 0.1) is 18.7 Å². The van der Waals surface area contributed by atoms with Crippen molar-refractivity contribution in [3.8, 4) is 11.3 Å². The Morgan fingerprint density at radius 3 is 2.61 bits per heavy atom. The number of nitrogens with one attached hydrogen (secondary N) is 1. The molecule has 6 heteroatoms. The number of nitrogens with zero attached hydrogens (tertiary/aromatic N) is 3. The van der Waals surface area contributed by atoms with Crippen molar-refractivity contribution in [3.63, 3.8) is 0 Å². The molecule has 0 saturated carbocycles. The Morgan fingerprint density at radius 2 is 1.79 bits per heavy atom. The molecule has 0 aliphatic carbocycles. The molecule has 6 nitrogen and oxygen atoms in total. The number of hydrogen-bond acceptors (Lipinski definition) is 4. The van der Waals surface area contributed by atoms with Crippen molar-refractivity contribution in [2.45, 2.75) is 13.0 Å². The van der Waals surface area contributed by atoms with Gasteiger partial charge in [0.25, 0.3) is 0 Å². The molecular weight excluding hydrogens is 352 g/mol. The molecule has 2 aromatic carbocycles. The fraction of sp³-hybridized carbons (Fsp3) is 0.364. The van der Waals surface area contributed by atoms with Crippen LogP contribution in [0.4, 0.5) is 0 Å². The van der Waals surface area contributed by atoms with Crippen molar-refractivity contribution >= 4 is 16.8 Å². The second-order valence-corrected chi connectivity index (χ2v) is 7.05. The molecule has 0 atom stereocenters. The molecule has 0 unspecified atom stereocenters. The summed E-state index contributed by atoms with van der Waals surface area (Å²) in [6.07, 6.45) is 0.945. The topological polar surface area (TPSA) is 59.4 Å². The SMILES string of the molecule is O=C(Cn1nc(-c2ccccc2)c2ccccc21)NCCCN1CCOCC1. The molecule has 0 spiro atoms. The van der Waals surface area contributed by atoms with Gasteiger partial charge in [-0.2, -0.15) is 5.10 Å². The van der Waals surface area contributed by atoms with Crippen LogP contribution < -0.4 is 5.32 Å². The summed E-state index contributed by atoms with van der Waals surface area (Å²) in [4.78, 5) is 14.8. The smallest absolute Gasteiger partial charge is 0.241 e. The summed E-state index contributed by atoms with van der Waals surface area (Å²) >= 11 is 0. The van der Waals surface area contributed by atoms with Gasteiger partial charge in [-0.05, 0) is 19.0 Å². The van der Waals surface area contributed by atoms with Crippen LogP contribution in [0.25, 0.3) is 22.2 Å². The molecule has 2 heterocycles. The first kappa shape index (κ1) is 18.7. The van der Waals surface area contributed by atoms with E-state index < -0.39 is 0 Å². The molecule has 1 amide bonds. The fourth-order valence-corrected chi connectivity index (χ4v) is 3.60. The Morgan fingerprint density at radius 1 is 1.04 bits per heavy atom. The average molecular weight is 378 g/mol. The Balaban J connectivity index is 1.38. The minimum Gasteiger partial charge on any atom is -0.379 e. The Bertz CT molecular complexity index is 917. The van der Waals surface area contributed by atoms with Gasteiger partial charge in [-0.1, -0.05) is 48.5 Å².